The summed E-state index contributed by atoms with van der Waals surface area (Å²) >= 11 is 3.15. The number of amides is 1. The molecule has 0 spiro atoms. The van der Waals surface area contributed by atoms with Crippen LogP contribution in [0.5, 0.6) is 0 Å². The third-order valence-electron chi connectivity index (χ3n) is 3.84. The highest BCUT2D eigenvalue weighted by Gasteiger charge is 2.42. The van der Waals surface area contributed by atoms with Crippen LogP contribution >= 0.6 is 15.9 Å². The number of hydrogen-bond acceptors (Lipinski definition) is 4. The number of rotatable bonds is 2. The molecule has 1 amide bonds. The first-order chi connectivity index (χ1) is 11.0. The van der Waals surface area contributed by atoms with Crippen molar-refractivity contribution in [1.82, 2.24) is 4.90 Å². The molecular formula is C17H21BrFNO4. The van der Waals surface area contributed by atoms with Crippen LogP contribution in [0.2, 0.25) is 0 Å². The predicted octanol–water partition coefficient (Wildman–Crippen LogP) is 3.53. The van der Waals surface area contributed by atoms with Crippen molar-refractivity contribution >= 4 is 27.8 Å². The molecule has 1 aliphatic heterocycles. The second kappa shape index (κ2) is 6.80. The summed E-state index contributed by atoms with van der Waals surface area (Å²) in [5, 5.41) is 10.7. The summed E-state index contributed by atoms with van der Waals surface area (Å²) in [6, 6.07) is 3.71. The molecule has 1 aliphatic rings. The Kier molecular flexibility index (Phi) is 5.34. The Labute approximate surface area is 148 Å². The summed E-state index contributed by atoms with van der Waals surface area (Å²) in [6.45, 7) is 5.77. The molecule has 132 valence electrons. The number of nitrogens with zero attached hydrogens (tertiary/aromatic N) is 1. The van der Waals surface area contributed by atoms with Gasteiger partial charge in [-0.25, -0.2) is 9.18 Å². The van der Waals surface area contributed by atoms with E-state index in [2.05, 4.69) is 15.9 Å². The molecule has 0 atom stereocenters. The topological polar surface area (TPSA) is 66.8 Å². The van der Waals surface area contributed by atoms with Gasteiger partial charge in [0.25, 0.3) is 0 Å². The number of ketones is 1. The van der Waals surface area contributed by atoms with Gasteiger partial charge < -0.3 is 14.7 Å². The van der Waals surface area contributed by atoms with Gasteiger partial charge in [0.05, 0.1) is 0 Å². The molecule has 0 aromatic heterocycles. The fourth-order valence-corrected chi connectivity index (χ4v) is 3.07. The standard InChI is InChI=1S/C17H21BrFNO4/c1-16(2,3)24-15(22)20-8-6-17(23,7-9-20)14(21)12-5-4-11(19)10-13(12)18/h4-5,10,23H,6-9H2,1-3H3. The second-order valence-electron chi connectivity index (χ2n) is 6.95. The number of likely N-dealkylation sites (tertiary alicyclic amines) is 1. The Balaban J connectivity index is 2.06. The molecule has 1 N–H and O–H groups in total. The van der Waals surface area contributed by atoms with Gasteiger partial charge in [-0.2, -0.15) is 0 Å². The molecule has 0 radical (unpaired) electrons. The van der Waals surface area contributed by atoms with Crippen LogP contribution in [0.15, 0.2) is 22.7 Å². The average Bonchev–Trinajstić information content (AvgIpc) is 2.45. The van der Waals surface area contributed by atoms with Gasteiger partial charge >= 0.3 is 6.09 Å². The number of aliphatic hydroxyl groups is 1. The van der Waals surface area contributed by atoms with Crippen LogP contribution in [0.25, 0.3) is 0 Å². The van der Waals surface area contributed by atoms with E-state index in [1.165, 1.54) is 23.1 Å². The largest absolute Gasteiger partial charge is 0.444 e. The number of benzene rings is 1. The molecule has 0 unspecified atom stereocenters. The molecule has 1 heterocycles. The maximum absolute atomic E-state index is 13.2. The Hall–Kier alpha value is -1.47. The van der Waals surface area contributed by atoms with Crippen molar-refractivity contribution in [2.45, 2.75) is 44.8 Å². The average molecular weight is 402 g/mol. The highest BCUT2D eigenvalue weighted by molar-refractivity contribution is 9.10. The van der Waals surface area contributed by atoms with Crippen LogP contribution < -0.4 is 0 Å². The van der Waals surface area contributed by atoms with E-state index in [1.807, 2.05) is 0 Å². The molecule has 24 heavy (non-hydrogen) atoms. The van der Waals surface area contributed by atoms with E-state index < -0.39 is 28.9 Å². The van der Waals surface area contributed by atoms with Crippen LogP contribution in [0.3, 0.4) is 0 Å². The molecule has 0 aliphatic carbocycles. The molecule has 0 saturated carbocycles. The second-order valence-corrected chi connectivity index (χ2v) is 7.81. The maximum Gasteiger partial charge on any atom is 0.410 e. The smallest absolute Gasteiger partial charge is 0.410 e. The molecule has 5 nitrogen and oxygen atoms in total. The van der Waals surface area contributed by atoms with E-state index in [1.54, 1.807) is 20.8 Å². The van der Waals surface area contributed by atoms with Crippen molar-refractivity contribution in [3.63, 3.8) is 0 Å². The van der Waals surface area contributed by atoms with E-state index in [0.29, 0.717) is 4.47 Å². The fraction of sp³-hybridized carbons (Fsp3) is 0.529. The summed E-state index contributed by atoms with van der Waals surface area (Å²) in [6.07, 6.45) is -0.246. The maximum atomic E-state index is 13.2. The molecule has 1 aromatic rings. The third-order valence-corrected chi connectivity index (χ3v) is 4.50. The summed E-state index contributed by atoms with van der Waals surface area (Å²) < 4.78 is 18.8. The third kappa shape index (κ3) is 4.33. The normalized spacial score (nSPS) is 17.5. The van der Waals surface area contributed by atoms with Gasteiger partial charge in [-0.05, 0) is 54.9 Å². The van der Waals surface area contributed by atoms with Crippen LogP contribution in [-0.2, 0) is 4.74 Å². The number of ether oxygens (including phenoxy) is 1. The minimum absolute atomic E-state index is 0.106. The van der Waals surface area contributed by atoms with E-state index >= 15 is 0 Å². The highest BCUT2D eigenvalue weighted by atomic mass is 79.9. The van der Waals surface area contributed by atoms with Crippen LogP contribution in [-0.4, -0.2) is 46.2 Å². The van der Waals surface area contributed by atoms with Crippen LogP contribution in [0, 0.1) is 5.82 Å². The molecular weight excluding hydrogens is 381 g/mol. The lowest BCUT2D eigenvalue weighted by Crippen LogP contribution is -2.51. The van der Waals surface area contributed by atoms with Gasteiger partial charge in [-0.3, -0.25) is 4.79 Å². The summed E-state index contributed by atoms with van der Waals surface area (Å²) in [5.74, 6) is -0.941. The lowest BCUT2D eigenvalue weighted by molar-refractivity contribution is -0.0199. The molecule has 1 saturated heterocycles. The van der Waals surface area contributed by atoms with Crippen molar-refractivity contribution in [2.75, 3.05) is 13.1 Å². The minimum Gasteiger partial charge on any atom is -0.444 e. The quantitative estimate of drug-likeness (QED) is 0.769. The number of piperidine rings is 1. The van der Waals surface area contributed by atoms with Crippen LogP contribution in [0.1, 0.15) is 44.0 Å². The van der Waals surface area contributed by atoms with E-state index in [9.17, 15) is 19.1 Å². The van der Waals surface area contributed by atoms with Gasteiger partial charge in [0, 0.05) is 36.0 Å². The molecule has 0 bridgehead atoms. The summed E-state index contributed by atoms with van der Waals surface area (Å²) in [5.41, 5.74) is -1.94. The first-order valence-corrected chi connectivity index (χ1v) is 8.51. The molecule has 1 fully saturated rings. The lowest BCUT2D eigenvalue weighted by atomic mass is 9.84. The molecule has 2 rings (SSSR count). The van der Waals surface area contributed by atoms with E-state index in [0.717, 1.165) is 0 Å². The SMILES string of the molecule is CC(C)(C)OC(=O)N1CCC(O)(C(=O)c2ccc(F)cc2Br)CC1. The highest BCUT2D eigenvalue weighted by Crippen LogP contribution is 2.30. The van der Waals surface area contributed by atoms with Gasteiger partial charge in [0.15, 0.2) is 5.78 Å². The zero-order valence-corrected chi connectivity index (χ0v) is 15.5. The first-order valence-electron chi connectivity index (χ1n) is 7.72. The Morgan fingerprint density at radius 2 is 1.88 bits per heavy atom. The zero-order valence-electron chi connectivity index (χ0n) is 13.9. The Bertz CT molecular complexity index is 648. The first kappa shape index (κ1) is 18.9. The molecule has 7 heteroatoms. The fourth-order valence-electron chi connectivity index (χ4n) is 2.54. The number of halogens is 2. The van der Waals surface area contributed by atoms with Gasteiger partial charge in [-0.1, -0.05) is 0 Å². The van der Waals surface area contributed by atoms with E-state index in [4.69, 9.17) is 4.74 Å². The molecule has 1 aromatic carbocycles. The number of carbonyl (C=O) groups excluding carboxylic acids is 2. The van der Waals surface area contributed by atoms with Crippen molar-refractivity contribution in [3.8, 4) is 0 Å². The lowest BCUT2D eigenvalue weighted by Gasteiger charge is -2.37. The van der Waals surface area contributed by atoms with Crippen LogP contribution in [0.4, 0.5) is 9.18 Å². The summed E-state index contributed by atoms with van der Waals surface area (Å²) in [7, 11) is 0. The Morgan fingerprint density at radius 3 is 2.38 bits per heavy atom. The van der Waals surface area contributed by atoms with Crippen molar-refractivity contribution in [2.24, 2.45) is 0 Å². The number of carbonyl (C=O) groups is 2. The number of Topliss-reactive ketones (excluding diaryl/α,β-unsaturated/α-hetero) is 1. The minimum atomic E-state index is -1.57. The predicted molar refractivity (Wildman–Crippen MR) is 90.4 cm³/mol. The van der Waals surface area contributed by atoms with Crippen molar-refractivity contribution in [3.05, 3.63) is 34.1 Å². The van der Waals surface area contributed by atoms with Gasteiger partial charge in [0.1, 0.15) is 17.0 Å². The summed E-state index contributed by atoms with van der Waals surface area (Å²) in [4.78, 5) is 26.1. The Morgan fingerprint density at radius 1 is 1.29 bits per heavy atom. The van der Waals surface area contributed by atoms with Crippen molar-refractivity contribution in [1.29, 1.82) is 0 Å². The number of hydrogen-bond donors (Lipinski definition) is 1. The zero-order chi connectivity index (χ0) is 18.1. The van der Waals surface area contributed by atoms with E-state index in [-0.39, 0.29) is 31.5 Å². The van der Waals surface area contributed by atoms with Gasteiger partial charge in [-0.15, -0.1) is 0 Å². The monoisotopic (exact) mass is 401 g/mol. The van der Waals surface area contributed by atoms with Crippen molar-refractivity contribution < 1.29 is 23.8 Å². The van der Waals surface area contributed by atoms with Gasteiger partial charge in [0.2, 0.25) is 0 Å².